The number of fused-ring (bicyclic) bond motifs is 1. The van der Waals surface area contributed by atoms with Crippen LogP contribution in [0.5, 0.6) is 11.5 Å². The summed E-state index contributed by atoms with van der Waals surface area (Å²) in [5.41, 5.74) is 1.42. The van der Waals surface area contributed by atoms with Gasteiger partial charge in [0.2, 0.25) is 0 Å². The van der Waals surface area contributed by atoms with Crippen molar-refractivity contribution in [2.45, 2.75) is 13.5 Å². The Labute approximate surface area is 128 Å². The number of carbonyl (C=O) groups excluding carboxylic acids is 1. The topological polar surface area (TPSA) is 78.2 Å². The second-order valence-electron chi connectivity index (χ2n) is 4.82. The van der Waals surface area contributed by atoms with E-state index in [-0.39, 0.29) is 6.03 Å². The highest BCUT2D eigenvalue weighted by atomic mass is 16.5. The fraction of sp³-hybridized carbons (Fsp3) is 0.188. The number of ether oxygens (including phenoxy) is 1. The number of hydrogen-bond donors (Lipinski definition) is 1. The van der Waals surface area contributed by atoms with Gasteiger partial charge in [0.05, 0.1) is 23.7 Å². The molecule has 0 spiro atoms. The minimum Gasteiger partial charge on any atom is -0.457 e. The van der Waals surface area contributed by atoms with Gasteiger partial charge in [-0.25, -0.2) is 9.78 Å². The first-order chi connectivity index (χ1) is 10.7. The third-order valence-electron chi connectivity index (χ3n) is 3.47. The van der Waals surface area contributed by atoms with Crippen LogP contribution in [-0.2, 0) is 6.54 Å². The second-order valence-corrected chi connectivity index (χ2v) is 4.82. The molecule has 0 saturated heterocycles. The highest BCUT2D eigenvalue weighted by molar-refractivity contribution is 5.91. The SMILES string of the molecule is CCN1Cc2c(Oc3ccc(C#N)cc3)ccnc2NC1=O. The summed E-state index contributed by atoms with van der Waals surface area (Å²) in [6.07, 6.45) is 1.60. The summed E-state index contributed by atoms with van der Waals surface area (Å²) in [5.74, 6) is 1.81. The number of hydrogen-bond acceptors (Lipinski definition) is 4. The van der Waals surface area contributed by atoms with E-state index in [2.05, 4.69) is 16.4 Å². The number of nitriles is 1. The second kappa shape index (κ2) is 5.74. The molecule has 2 amide bonds. The number of nitrogens with zero attached hydrogens (tertiary/aromatic N) is 3. The van der Waals surface area contributed by atoms with Gasteiger partial charge in [0.25, 0.3) is 0 Å². The Morgan fingerprint density at radius 2 is 2.14 bits per heavy atom. The molecule has 0 fully saturated rings. The Morgan fingerprint density at radius 3 is 2.82 bits per heavy atom. The van der Waals surface area contributed by atoms with Crippen molar-refractivity contribution >= 4 is 11.8 Å². The maximum absolute atomic E-state index is 11.8. The number of urea groups is 1. The first kappa shape index (κ1) is 13.9. The van der Waals surface area contributed by atoms with Crippen molar-refractivity contribution in [2.24, 2.45) is 0 Å². The van der Waals surface area contributed by atoms with Gasteiger partial charge in [-0.3, -0.25) is 5.32 Å². The van der Waals surface area contributed by atoms with Crippen molar-refractivity contribution in [3.63, 3.8) is 0 Å². The molecule has 110 valence electrons. The predicted molar refractivity (Wildman–Crippen MR) is 80.6 cm³/mol. The molecular formula is C16H14N4O2. The molecule has 0 radical (unpaired) electrons. The molecular weight excluding hydrogens is 280 g/mol. The van der Waals surface area contributed by atoms with Crippen molar-refractivity contribution in [1.82, 2.24) is 9.88 Å². The minimum absolute atomic E-state index is 0.155. The lowest BCUT2D eigenvalue weighted by molar-refractivity contribution is 0.209. The molecule has 2 heterocycles. The van der Waals surface area contributed by atoms with Crippen LogP contribution < -0.4 is 10.1 Å². The number of amides is 2. The Balaban J connectivity index is 1.90. The highest BCUT2D eigenvalue weighted by Gasteiger charge is 2.25. The number of carbonyl (C=O) groups is 1. The Bertz CT molecular complexity index is 750. The van der Waals surface area contributed by atoms with Gasteiger partial charge in [0.1, 0.15) is 17.3 Å². The third kappa shape index (κ3) is 2.56. The monoisotopic (exact) mass is 294 g/mol. The molecule has 22 heavy (non-hydrogen) atoms. The molecule has 0 atom stereocenters. The van der Waals surface area contributed by atoms with Gasteiger partial charge < -0.3 is 9.64 Å². The molecule has 1 N–H and O–H groups in total. The summed E-state index contributed by atoms with van der Waals surface area (Å²) in [7, 11) is 0. The smallest absolute Gasteiger partial charge is 0.323 e. The van der Waals surface area contributed by atoms with E-state index in [1.807, 2.05) is 6.92 Å². The summed E-state index contributed by atoms with van der Waals surface area (Å²) < 4.78 is 5.88. The fourth-order valence-electron chi connectivity index (χ4n) is 2.25. The molecule has 0 saturated carbocycles. The van der Waals surface area contributed by atoms with E-state index < -0.39 is 0 Å². The van der Waals surface area contributed by atoms with Crippen molar-refractivity contribution in [2.75, 3.05) is 11.9 Å². The van der Waals surface area contributed by atoms with Crippen molar-refractivity contribution in [1.29, 1.82) is 5.26 Å². The molecule has 3 rings (SSSR count). The lowest BCUT2D eigenvalue weighted by Crippen LogP contribution is -2.38. The molecule has 6 nitrogen and oxygen atoms in total. The lowest BCUT2D eigenvalue weighted by Gasteiger charge is -2.28. The fourth-order valence-corrected chi connectivity index (χ4v) is 2.25. The number of aromatic nitrogens is 1. The summed E-state index contributed by atoms with van der Waals surface area (Å²) in [6.45, 7) is 2.98. The van der Waals surface area contributed by atoms with Crippen molar-refractivity contribution < 1.29 is 9.53 Å². The lowest BCUT2D eigenvalue weighted by atomic mass is 10.2. The van der Waals surface area contributed by atoms with Crippen LogP contribution in [0.2, 0.25) is 0 Å². The number of pyridine rings is 1. The van der Waals surface area contributed by atoms with Crippen LogP contribution in [0.25, 0.3) is 0 Å². The largest absolute Gasteiger partial charge is 0.457 e. The zero-order valence-corrected chi connectivity index (χ0v) is 12.0. The van der Waals surface area contributed by atoms with E-state index in [9.17, 15) is 4.79 Å². The summed E-state index contributed by atoms with van der Waals surface area (Å²) >= 11 is 0. The van der Waals surface area contributed by atoms with E-state index in [0.717, 1.165) is 5.56 Å². The van der Waals surface area contributed by atoms with Crippen LogP contribution in [0.4, 0.5) is 10.6 Å². The molecule has 1 aliphatic rings. The van der Waals surface area contributed by atoms with E-state index in [4.69, 9.17) is 10.00 Å². The van der Waals surface area contributed by atoms with Gasteiger partial charge in [0.15, 0.2) is 0 Å². The maximum Gasteiger partial charge on any atom is 0.323 e. The van der Waals surface area contributed by atoms with Gasteiger partial charge in [-0.2, -0.15) is 5.26 Å². The summed E-state index contributed by atoms with van der Waals surface area (Å²) in [5, 5.41) is 11.6. The number of nitrogens with one attached hydrogen (secondary N) is 1. The number of rotatable bonds is 3. The Hall–Kier alpha value is -3.07. The van der Waals surface area contributed by atoms with Gasteiger partial charge in [-0.1, -0.05) is 0 Å². The van der Waals surface area contributed by atoms with E-state index >= 15 is 0 Å². The minimum atomic E-state index is -0.155. The average molecular weight is 294 g/mol. The predicted octanol–water partition coefficient (Wildman–Crippen LogP) is 3.11. The summed E-state index contributed by atoms with van der Waals surface area (Å²) in [6, 6.07) is 10.6. The quantitative estimate of drug-likeness (QED) is 0.943. The van der Waals surface area contributed by atoms with Gasteiger partial charge in [-0.05, 0) is 37.3 Å². The molecule has 1 aromatic carbocycles. The average Bonchev–Trinajstić information content (AvgIpc) is 2.55. The highest BCUT2D eigenvalue weighted by Crippen LogP contribution is 2.32. The molecule has 1 aliphatic heterocycles. The van der Waals surface area contributed by atoms with Crippen LogP contribution in [0.15, 0.2) is 36.5 Å². The number of benzene rings is 1. The van der Waals surface area contributed by atoms with Gasteiger partial charge in [-0.15, -0.1) is 0 Å². The first-order valence-corrected chi connectivity index (χ1v) is 6.93. The van der Waals surface area contributed by atoms with E-state index in [0.29, 0.717) is 36.0 Å². The zero-order chi connectivity index (χ0) is 15.5. The van der Waals surface area contributed by atoms with E-state index in [1.54, 1.807) is 41.4 Å². The molecule has 1 aromatic heterocycles. The normalized spacial score (nSPS) is 13.1. The Morgan fingerprint density at radius 1 is 1.36 bits per heavy atom. The van der Waals surface area contributed by atoms with Gasteiger partial charge >= 0.3 is 6.03 Å². The standard InChI is InChI=1S/C16H14N4O2/c1-2-20-10-13-14(7-8-18-15(13)19-16(20)21)22-12-5-3-11(9-17)4-6-12/h3-8H,2,10H2,1H3,(H,18,19,21). The summed E-state index contributed by atoms with van der Waals surface area (Å²) in [4.78, 5) is 17.7. The Kier molecular flexibility index (Phi) is 3.62. The molecule has 6 heteroatoms. The van der Waals surface area contributed by atoms with Crippen LogP contribution in [0.1, 0.15) is 18.1 Å². The van der Waals surface area contributed by atoms with Crippen molar-refractivity contribution in [3.8, 4) is 17.6 Å². The maximum atomic E-state index is 11.8. The first-order valence-electron chi connectivity index (χ1n) is 6.93. The molecule has 2 aromatic rings. The molecule has 0 aliphatic carbocycles. The van der Waals surface area contributed by atoms with Crippen LogP contribution in [0.3, 0.4) is 0 Å². The van der Waals surface area contributed by atoms with Gasteiger partial charge in [0, 0.05) is 12.7 Å². The molecule has 0 bridgehead atoms. The number of anilines is 1. The third-order valence-corrected chi connectivity index (χ3v) is 3.47. The van der Waals surface area contributed by atoms with Crippen LogP contribution in [-0.4, -0.2) is 22.5 Å². The van der Waals surface area contributed by atoms with Crippen LogP contribution in [0, 0.1) is 11.3 Å². The zero-order valence-electron chi connectivity index (χ0n) is 12.0. The van der Waals surface area contributed by atoms with Crippen LogP contribution >= 0.6 is 0 Å². The van der Waals surface area contributed by atoms with Crippen molar-refractivity contribution in [3.05, 3.63) is 47.7 Å². The van der Waals surface area contributed by atoms with E-state index in [1.165, 1.54) is 0 Å². The molecule has 0 unspecified atom stereocenters.